The molecule has 138 valence electrons. The lowest BCUT2D eigenvalue weighted by molar-refractivity contribution is 0.101. The van der Waals surface area contributed by atoms with Gasteiger partial charge < -0.3 is 5.32 Å². The number of hydrogen-bond acceptors (Lipinski definition) is 4. The van der Waals surface area contributed by atoms with E-state index in [1.807, 2.05) is 60.7 Å². The number of carbonyl (C=O) groups excluding carboxylic acids is 2. The maximum Gasteiger partial charge on any atom is 0.255 e. The van der Waals surface area contributed by atoms with Crippen molar-refractivity contribution in [1.29, 1.82) is 0 Å². The van der Waals surface area contributed by atoms with Gasteiger partial charge in [-0.15, -0.1) is 11.8 Å². The first-order valence-electron chi connectivity index (χ1n) is 8.75. The first-order chi connectivity index (χ1) is 13.7. The molecule has 0 aliphatic heterocycles. The Labute approximate surface area is 166 Å². The SMILES string of the molecule is O=C(CSc1cccc(C(=O)Nc2ccc3cn[nH]c3c2)c1)c1ccccc1. The van der Waals surface area contributed by atoms with Crippen LogP contribution in [0.4, 0.5) is 5.69 Å². The zero-order valence-electron chi connectivity index (χ0n) is 14.9. The summed E-state index contributed by atoms with van der Waals surface area (Å²) >= 11 is 1.42. The molecule has 5 nitrogen and oxygen atoms in total. The summed E-state index contributed by atoms with van der Waals surface area (Å²) in [5.74, 6) is 0.190. The maximum absolute atomic E-state index is 12.6. The second-order valence-corrected chi connectivity index (χ2v) is 7.28. The van der Waals surface area contributed by atoms with Gasteiger partial charge in [0.2, 0.25) is 0 Å². The number of Topliss-reactive ketones (excluding diaryl/α,β-unsaturated/α-hetero) is 1. The Morgan fingerprint density at radius 3 is 2.61 bits per heavy atom. The summed E-state index contributed by atoms with van der Waals surface area (Å²) in [5, 5.41) is 10.7. The number of anilines is 1. The van der Waals surface area contributed by atoms with E-state index < -0.39 is 0 Å². The van der Waals surface area contributed by atoms with E-state index in [-0.39, 0.29) is 11.7 Å². The van der Waals surface area contributed by atoms with Crippen molar-refractivity contribution in [1.82, 2.24) is 10.2 Å². The van der Waals surface area contributed by atoms with E-state index >= 15 is 0 Å². The van der Waals surface area contributed by atoms with Crippen molar-refractivity contribution in [2.24, 2.45) is 0 Å². The maximum atomic E-state index is 12.6. The topological polar surface area (TPSA) is 74.8 Å². The Bertz CT molecular complexity index is 1140. The number of ketones is 1. The second kappa shape index (κ2) is 8.10. The Kier molecular flexibility index (Phi) is 5.21. The Balaban J connectivity index is 1.42. The minimum atomic E-state index is -0.198. The molecule has 0 bridgehead atoms. The van der Waals surface area contributed by atoms with E-state index in [4.69, 9.17) is 0 Å². The monoisotopic (exact) mass is 387 g/mol. The fraction of sp³-hybridized carbons (Fsp3) is 0.0455. The van der Waals surface area contributed by atoms with Crippen LogP contribution in [-0.4, -0.2) is 27.6 Å². The van der Waals surface area contributed by atoms with Crippen LogP contribution in [0, 0.1) is 0 Å². The molecular weight excluding hydrogens is 370 g/mol. The molecule has 3 aromatic carbocycles. The molecule has 6 heteroatoms. The number of aromatic nitrogens is 2. The van der Waals surface area contributed by atoms with Crippen molar-refractivity contribution in [3.05, 3.63) is 90.1 Å². The average Bonchev–Trinajstić information content (AvgIpc) is 3.21. The van der Waals surface area contributed by atoms with Crippen molar-refractivity contribution < 1.29 is 9.59 Å². The molecule has 4 aromatic rings. The third kappa shape index (κ3) is 4.13. The lowest BCUT2D eigenvalue weighted by atomic mass is 10.2. The third-order valence-corrected chi connectivity index (χ3v) is 5.26. The zero-order valence-corrected chi connectivity index (χ0v) is 15.7. The normalized spacial score (nSPS) is 10.7. The van der Waals surface area contributed by atoms with Gasteiger partial charge in [0.25, 0.3) is 5.91 Å². The molecule has 0 saturated heterocycles. The summed E-state index contributed by atoms with van der Waals surface area (Å²) in [6.45, 7) is 0. The number of fused-ring (bicyclic) bond motifs is 1. The van der Waals surface area contributed by atoms with E-state index in [0.717, 1.165) is 15.8 Å². The van der Waals surface area contributed by atoms with Gasteiger partial charge in [0.15, 0.2) is 5.78 Å². The number of rotatable bonds is 6. The molecule has 1 aromatic heterocycles. The quantitative estimate of drug-likeness (QED) is 0.368. The molecular formula is C22H17N3O2S. The Hall–Kier alpha value is -3.38. The summed E-state index contributed by atoms with van der Waals surface area (Å²) in [6.07, 6.45) is 1.73. The number of nitrogens with one attached hydrogen (secondary N) is 2. The van der Waals surface area contributed by atoms with Gasteiger partial charge in [0, 0.05) is 27.1 Å². The highest BCUT2D eigenvalue weighted by atomic mass is 32.2. The van der Waals surface area contributed by atoms with E-state index in [9.17, 15) is 9.59 Å². The van der Waals surface area contributed by atoms with Crippen LogP contribution < -0.4 is 5.32 Å². The zero-order chi connectivity index (χ0) is 19.3. The molecule has 0 aliphatic carbocycles. The number of aromatic amines is 1. The van der Waals surface area contributed by atoms with Gasteiger partial charge in [-0.05, 0) is 36.4 Å². The average molecular weight is 387 g/mol. The molecule has 4 rings (SSSR count). The highest BCUT2D eigenvalue weighted by molar-refractivity contribution is 8.00. The Morgan fingerprint density at radius 2 is 1.75 bits per heavy atom. The fourth-order valence-electron chi connectivity index (χ4n) is 2.80. The summed E-state index contributed by atoms with van der Waals surface area (Å²) in [5.41, 5.74) is 2.79. The van der Waals surface area contributed by atoms with Crippen LogP contribution >= 0.6 is 11.8 Å². The van der Waals surface area contributed by atoms with Gasteiger partial charge in [-0.2, -0.15) is 5.10 Å². The molecule has 0 aliphatic rings. The first kappa shape index (κ1) is 18.0. The van der Waals surface area contributed by atoms with Crippen molar-refractivity contribution in [3.63, 3.8) is 0 Å². The van der Waals surface area contributed by atoms with Crippen LogP contribution in [0.3, 0.4) is 0 Å². The summed E-state index contributed by atoms with van der Waals surface area (Å²) < 4.78 is 0. The smallest absolute Gasteiger partial charge is 0.255 e. The predicted octanol–water partition coefficient (Wildman–Crippen LogP) is 4.79. The number of hydrogen-bond donors (Lipinski definition) is 2. The lowest BCUT2D eigenvalue weighted by Crippen LogP contribution is -2.11. The number of H-pyrrole nitrogens is 1. The van der Waals surface area contributed by atoms with Crippen molar-refractivity contribution >= 4 is 40.0 Å². The van der Waals surface area contributed by atoms with E-state index in [1.54, 1.807) is 18.3 Å². The van der Waals surface area contributed by atoms with Gasteiger partial charge in [-0.1, -0.05) is 36.4 Å². The molecule has 0 fully saturated rings. The first-order valence-corrected chi connectivity index (χ1v) is 9.73. The van der Waals surface area contributed by atoms with Gasteiger partial charge in [-0.25, -0.2) is 0 Å². The molecule has 1 amide bonds. The van der Waals surface area contributed by atoms with Crippen molar-refractivity contribution in [3.8, 4) is 0 Å². The molecule has 0 radical (unpaired) electrons. The minimum absolute atomic E-state index is 0.0633. The van der Waals surface area contributed by atoms with Crippen LogP contribution in [0.5, 0.6) is 0 Å². The molecule has 0 atom stereocenters. The standard InChI is InChI=1S/C22H17N3O2S/c26-21(15-5-2-1-3-6-15)14-28-19-8-4-7-16(11-19)22(27)24-18-10-9-17-13-23-25-20(17)12-18/h1-13H,14H2,(H,23,25)(H,24,27). The van der Waals surface area contributed by atoms with E-state index in [0.29, 0.717) is 22.6 Å². The van der Waals surface area contributed by atoms with Gasteiger partial charge in [-0.3, -0.25) is 14.7 Å². The minimum Gasteiger partial charge on any atom is -0.322 e. The molecule has 0 saturated carbocycles. The molecule has 0 spiro atoms. The van der Waals surface area contributed by atoms with Crippen LogP contribution in [0.2, 0.25) is 0 Å². The summed E-state index contributed by atoms with van der Waals surface area (Å²) in [7, 11) is 0. The predicted molar refractivity (Wildman–Crippen MR) is 112 cm³/mol. The van der Waals surface area contributed by atoms with Gasteiger partial charge in [0.05, 0.1) is 17.5 Å². The highest BCUT2D eigenvalue weighted by Crippen LogP contribution is 2.22. The number of amides is 1. The van der Waals surface area contributed by atoms with Crippen LogP contribution in [0.1, 0.15) is 20.7 Å². The fourth-order valence-corrected chi connectivity index (χ4v) is 3.65. The Morgan fingerprint density at radius 1 is 0.929 bits per heavy atom. The molecule has 28 heavy (non-hydrogen) atoms. The van der Waals surface area contributed by atoms with Gasteiger partial charge >= 0.3 is 0 Å². The van der Waals surface area contributed by atoms with E-state index in [1.165, 1.54) is 11.8 Å². The summed E-state index contributed by atoms with van der Waals surface area (Å²) in [6, 6.07) is 22.1. The summed E-state index contributed by atoms with van der Waals surface area (Å²) in [4.78, 5) is 25.7. The molecule has 1 heterocycles. The van der Waals surface area contributed by atoms with Crippen LogP contribution in [0.15, 0.2) is 83.9 Å². The van der Waals surface area contributed by atoms with E-state index in [2.05, 4.69) is 15.5 Å². The number of nitrogens with zero attached hydrogens (tertiary/aromatic N) is 1. The van der Waals surface area contributed by atoms with Crippen molar-refractivity contribution in [2.75, 3.05) is 11.1 Å². The molecule has 2 N–H and O–H groups in total. The number of carbonyl (C=O) groups is 2. The third-order valence-electron chi connectivity index (χ3n) is 4.26. The lowest BCUT2D eigenvalue weighted by Gasteiger charge is -2.07. The second-order valence-electron chi connectivity index (χ2n) is 6.23. The largest absolute Gasteiger partial charge is 0.322 e. The van der Waals surface area contributed by atoms with Crippen LogP contribution in [-0.2, 0) is 0 Å². The molecule has 0 unspecified atom stereocenters. The van der Waals surface area contributed by atoms with Gasteiger partial charge in [0.1, 0.15) is 0 Å². The van der Waals surface area contributed by atoms with Crippen molar-refractivity contribution in [2.45, 2.75) is 4.90 Å². The highest BCUT2D eigenvalue weighted by Gasteiger charge is 2.10. The van der Waals surface area contributed by atoms with Crippen LogP contribution in [0.25, 0.3) is 10.9 Å². The number of thioether (sulfide) groups is 1. The number of benzene rings is 3.